The van der Waals surface area contributed by atoms with E-state index in [0.29, 0.717) is 32.4 Å². The van der Waals surface area contributed by atoms with Crippen molar-refractivity contribution in [3.63, 3.8) is 0 Å². The molecule has 0 amide bonds. The molecule has 3 N–H and O–H groups in total. The number of aliphatic hydroxyl groups excluding tert-OH is 1. The highest BCUT2D eigenvalue weighted by atomic mass is 35.5. The number of rotatable bonds is 5. The van der Waals surface area contributed by atoms with Crippen LogP contribution < -0.4 is 5.32 Å². The molecule has 0 saturated heterocycles. The van der Waals surface area contributed by atoms with Crippen LogP contribution in [0.5, 0.6) is 0 Å². The van der Waals surface area contributed by atoms with Crippen LogP contribution in [-0.4, -0.2) is 38.3 Å². The lowest BCUT2D eigenvalue weighted by Gasteiger charge is -2.19. The fourth-order valence-electron chi connectivity index (χ4n) is 2.28. The minimum atomic E-state index is -1.19. The predicted molar refractivity (Wildman–Crippen MR) is 94.6 cm³/mol. The maximum absolute atomic E-state index is 11.4. The molecule has 3 aromatic rings. The van der Waals surface area contributed by atoms with Crippen LogP contribution >= 0.6 is 22.9 Å². The van der Waals surface area contributed by atoms with E-state index in [1.165, 1.54) is 18.3 Å². The summed E-state index contributed by atoms with van der Waals surface area (Å²) in [4.78, 5) is 21.0. The van der Waals surface area contributed by atoms with Crippen LogP contribution in [0.1, 0.15) is 6.92 Å². The van der Waals surface area contributed by atoms with Crippen molar-refractivity contribution in [1.29, 1.82) is 0 Å². The second-order valence-corrected chi connectivity index (χ2v) is 6.53. The van der Waals surface area contributed by atoms with Crippen LogP contribution in [0.25, 0.3) is 21.6 Å². The van der Waals surface area contributed by atoms with Crippen LogP contribution in [-0.2, 0) is 4.79 Å². The van der Waals surface area contributed by atoms with Crippen LogP contribution in [0.3, 0.4) is 0 Å². The third-order valence-corrected chi connectivity index (χ3v) is 4.80. The zero-order valence-corrected chi connectivity index (χ0v) is 14.2. The molecule has 0 aliphatic heterocycles. The molecule has 6 nitrogen and oxygen atoms in total. The Morgan fingerprint density at radius 2 is 2.04 bits per heavy atom. The molecule has 2 aromatic heterocycles. The number of aromatic nitrogens is 2. The molecule has 8 heteroatoms. The monoisotopic (exact) mass is 363 g/mol. The summed E-state index contributed by atoms with van der Waals surface area (Å²) in [7, 11) is 0. The molecule has 2 atom stereocenters. The SMILES string of the molecule is CC(O)C(Nc1nc(-c2sccc2Cl)nc2ccccc12)C(=O)O. The molecule has 0 radical (unpaired) electrons. The fourth-order valence-corrected chi connectivity index (χ4v) is 3.35. The van der Waals surface area contributed by atoms with Gasteiger partial charge in [-0.25, -0.2) is 14.8 Å². The largest absolute Gasteiger partial charge is 0.480 e. The molecule has 0 aliphatic carbocycles. The number of thiophene rings is 1. The van der Waals surface area contributed by atoms with Crippen molar-refractivity contribution in [2.75, 3.05) is 5.32 Å². The molecule has 24 heavy (non-hydrogen) atoms. The Bertz CT molecular complexity index is 897. The molecule has 3 rings (SSSR count). The average molecular weight is 364 g/mol. The van der Waals surface area contributed by atoms with Crippen molar-refractivity contribution in [1.82, 2.24) is 9.97 Å². The van der Waals surface area contributed by atoms with Crippen molar-refractivity contribution in [3.8, 4) is 10.7 Å². The van der Waals surface area contributed by atoms with Crippen LogP contribution in [0.4, 0.5) is 5.82 Å². The quantitative estimate of drug-likeness (QED) is 0.644. The van der Waals surface area contributed by atoms with E-state index in [4.69, 9.17) is 11.6 Å². The first-order valence-electron chi connectivity index (χ1n) is 7.15. The molecule has 0 aliphatic rings. The lowest BCUT2D eigenvalue weighted by Crippen LogP contribution is -2.39. The van der Waals surface area contributed by atoms with Crippen LogP contribution in [0, 0.1) is 0 Å². The Labute approximate surface area is 146 Å². The highest BCUT2D eigenvalue weighted by Crippen LogP contribution is 2.33. The maximum Gasteiger partial charge on any atom is 0.328 e. The first-order valence-corrected chi connectivity index (χ1v) is 8.40. The number of hydrogen-bond donors (Lipinski definition) is 3. The zero-order valence-electron chi connectivity index (χ0n) is 12.6. The third-order valence-electron chi connectivity index (χ3n) is 3.46. The van der Waals surface area contributed by atoms with E-state index in [-0.39, 0.29) is 0 Å². The Kier molecular flexibility index (Phi) is 4.66. The lowest BCUT2D eigenvalue weighted by molar-refractivity contribution is -0.140. The van der Waals surface area contributed by atoms with Crippen LogP contribution in [0.2, 0.25) is 5.02 Å². The van der Waals surface area contributed by atoms with Crippen molar-refractivity contribution >= 4 is 45.6 Å². The number of carbonyl (C=O) groups is 1. The summed E-state index contributed by atoms with van der Waals surface area (Å²) in [5, 5.41) is 24.8. The van der Waals surface area contributed by atoms with Gasteiger partial charge in [0.15, 0.2) is 11.9 Å². The summed E-state index contributed by atoms with van der Waals surface area (Å²) in [5.41, 5.74) is 0.657. The van der Waals surface area contributed by atoms with Crippen molar-refractivity contribution in [2.24, 2.45) is 0 Å². The van der Waals surface area contributed by atoms with Gasteiger partial charge in [0.1, 0.15) is 5.82 Å². The van der Waals surface area contributed by atoms with Gasteiger partial charge in [-0.05, 0) is 30.5 Å². The number of hydrogen-bond acceptors (Lipinski definition) is 6. The number of aliphatic carboxylic acids is 1. The highest BCUT2D eigenvalue weighted by molar-refractivity contribution is 7.14. The molecule has 0 saturated carbocycles. The van der Waals surface area contributed by atoms with Gasteiger partial charge in [0.2, 0.25) is 0 Å². The molecular weight excluding hydrogens is 350 g/mol. The van der Waals surface area contributed by atoms with E-state index in [1.54, 1.807) is 12.1 Å². The van der Waals surface area contributed by atoms with Gasteiger partial charge in [0, 0.05) is 5.39 Å². The van der Waals surface area contributed by atoms with E-state index < -0.39 is 18.1 Å². The van der Waals surface area contributed by atoms with Gasteiger partial charge < -0.3 is 15.5 Å². The van der Waals surface area contributed by atoms with Gasteiger partial charge in [-0.3, -0.25) is 0 Å². The summed E-state index contributed by atoms with van der Waals surface area (Å²) in [5.74, 6) is -0.414. The number of anilines is 1. The van der Waals surface area contributed by atoms with Crippen LogP contribution in [0.15, 0.2) is 35.7 Å². The van der Waals surface area contributed by atoms with Gasteiger partial charge in [-0.15, -0.1) is 11.3 Å². The fraction of sp³-hybridized carbons (Fsp3) is 0.188. The number of para-hydroxylation sites is 1. The topological polar surface area (TPSA) is 95.3 Å². The van der Waals surface area contributed by atoms with E-state index in [2.05, 4.69) is 15.3 Å². The summed E-state index contributed by atoms with van der Waals surface area (Å²) < 4.78 is 0. The maximum atomic E-state index is 11.4. The first-order chi connectivity index (χ1) is 11.5. The minimum absolute atomic E-state index is 0.341. The lowest BCUT2D eigenvalue weighted by atomic mass is 10.1. The number of nitrogens with zero attached hydrogens (tertiary/aromatic N) is 2. The van der Waals surface area contributed by atoms with Gasteiger partial charge in [0.05, 0.1) is 21.5 Å². The Morgan fingerprint density at radius 1 is 1.29 bits per heavy atom. The number of benzene rings is 1. The third kappa shape index (κ3) is 3.19. The second-order valence-electron chi connectivity index (χ2n) is 5.21. The van der Waals surface area contributed by atoms with Gasteiger partial charge in [-0.1, -0.05) is 23.7 Å². The summed E-state index contributed by atoms with van der Waals surface area (Å²) in [6.45, 7) is 1.41. The number of aliphatic hydroxyl groups is 1. The van der Waals surface area contributed by atoms with Gasteiger partial charge in [-0.2, -0.15) is 0 Å². The number of fused-ring (bicyclic) bond motifs is 1. The number of carboxylic acids is 1. The second kappa shape index (κ2) is 6.72. The summed E-state index contributed by atoms with van der Waals surface area (Å²) in [6.07, 6.45) is -1.09. The first kappa shape index (κ1) is 16.6. The Balaban J connectivity index is 2.15. The number of nitrogens with one attached hydrogen (secondary N) is 1. The normalized spacial score (nSPS) is 13.6. The standard InChI is InChI=1S/C16H14ClN3O3S/c1-8(21)12(16(22)23)19-14-9-4-2-3-5-11(9)18-15(20-14)13-10(17)6-7-24-13/h2-8,12,21H,1H3,(H,22,23)(H,18,19,20). The summed E-state index contributed by atoms with van der Waals surface area (Å²) >= 11 is 7.56. The minimum Gasteiger partial charge on any atom is -0.480 e. The van der Waals surface area contributed by atoms with E-state index >= 15 is 0 Å². The predicted octanol–water partition coefficient (Wildman–Crippen LogP) is 3.26. The molecular formula is C16H14ClN3O3S. The number of halogens is 1. The smallest absolute Gasteiger partial charge is 0.328 e. The Hall–Kier alpha value is -2.22. The average Bonchev–Trinajstić information content (AvgIpc) is 2.97. The molecule has 2 unspecified atom stereocenters. The van der Waals surface area contributed by atoms with E-state index in [1.807, 2.05) is 23.6 Å². The molecule has 0 spiro atoms. The highest BCUT2D eigenvalue weighted by Gasteiger charge is 2.24. The molecule has 1 aromatic carbocycles. The zero-order chi connectivity index (χ0) is 17.3. The van der Waals surface area contributed by atoms with Crippen molar-refractivity contribution < 1.29 is 15.0 Å². The number of carboxylic acid groups (broad SMARTS) is 1. The van der Waals surface area contributed by atoms with Crippen molar-refractivity contribution in [3.05, 3.63) is 40.7 Å². The van der Waals surface area contributed by atoms with E-state index in [9.17, 15) is 15.0 Å². The van der Waals surface area contributed by atoms with Gasteiger partial charge in [0.25, 0.3) is 0 Å². The molecule has 124 valence electrons. The molecule has 0 fully saturated rings. The van der Waals surface area contributed by atoms with Crippen molar-refractivity contribution in [2.45, 2.75) is 19.1 Å². The van der Waals surface area contributed by atoms with Gasteiger partial charge >= 0.3 is 5.97 Å². The summed E-state index contributed by atoms with van der Waals surface area (Å²) in [6, 6.07) is 7.82. The molecule has 2 heterocycles. The van der Waals surface area contributed by atoms with E-state index in [0.717, 1.165) is 0 Å². The molecule has 0 bridgehead atoms. The Morgan fingerprint density at radius 3 is 2.67 bits per heavy atom.